The zero-order chi connectivity index (χ0) is 16.4. The second-order valence-electron chi connectivity index (χ2n) is 6.12. The van der Waals surface area contributed by atoms with Crippen molar-refractivity contribution in [3.8, 4) is 5.75 Å². The molecule has 2 N–H and O–H groups in total. The van der Waals surface area contributed by atoms with Gasteiger partial charge < -0.3 is 15.4 Å². The Bertz CT molecular complexity index is 605. The maximum atomic E-state index is 12.7. The molecule has 0 spiro atoms. The molecular weight excluding hydrogens is 294 g/mol. The van der Waals surface area contributed by atoms with Gasteiger partial charge in [-0.25, -0.2) is 0 Å². The summed E-state index contributed by atoms with van der Waals surface area (Å²) in [5.74, 6) is 0.414. The Labute approximate surface area is 136 Å². The van der Waals surface area contributed by atoms with Crippen molar-refractivity contribution in [2.75, 3.05) is 24.5 Å². The minimum atomic E-state index is -0.579. The van der Waals surface area contributed by atoms with Gasteiger partial charge in [-0.1, -0.05) is 12.1 Å². The lowest BCUT2D eigenvalue weighted by Gasteiger charge is -2.38. The van der Waals surface area contributed by atoms with Crippen molar-refractivity contribution in [1.82, 2.24) is 4.90 Å². The predicted octanol–water partition coefficient (Wildman–Crippen LogP) is 1.14. The zero-order valence-corrected chi connectivity index (χ0v) is 13.4. The Hall–Kier alpha value is -2.08. The highest BCUT2D eigenvalue weighted by molar-refractivity contribution is 6.03. The molecule has 0 aromatic heterocycles. The highest BCUT2D eigenvalue weighted by Crippen LogP contribution is 2.33. The minimum Gasteiger partial charge on any atom is -0.479 e. The predicted molar refractivity (Wildman–Crippen MR) is 87.3 cm³/mol. The van der Waals surface area contributed by atoms with Crippen LogP contribution in [0.2, 0.25) is 0 Å². The van der Waals surface area contributed by atoms with Crippen LogP contribution >= 0.6 is 0 Å². The number of benzene rings is 1. The van der Waals surface area contributed by atoms with Gasteiger partial charge in [0.1, 0.15) is 12.3 Å². The molecule has 0 bridgehead atoms. The number of piperidine rings is 1. The third-order valence-corrected chi connectivity index (χ3v) is 4.59. The topological polar surface area (TPSA) is 75.9 Å². The average Bonchev–Trinajstić information content (AvgIpc) is 2.58. The number of hydrogen-bond donors (Lipinski definition) is 1. The van der Waals surface area contributed by atoms with E-state index in [0.29, 0.717) is 18.0 Å². The summed E-state index contributed by atoms with van der Waals surface area (Å²) >= 11 is 0. The Balaban J connectivity index is 1.81. The van der Waals surface area contributed by atoms with E-state index in [1.165, 1.54) is 4.90 Å². The van der Waals surface area contributed by atoms with E-state index in [4.69, 9.17) is 10.5 Å². The summed E-state index contributed by atoms with van der Waals surface area (Å²) in [6.45, 7) is 2.94. The first-order valence-electron chi connectivity index (χ1n) is 8.18. The van der Waals surface area contributed by atoms with Crippen molar-refractivity contribution in [1.29, 1.82) is 0 Å². The van der Waals surface area contributed by atoms with E-state index in [1.807, 2.05) is 29.2 Å². The number of nitrogens with two attached hydrogens (primary N) is 1. The summed E-state index contributed by atoms with van der Waals surface area (Å²) in [5, 5.41) is 0. The SMILES string of the molecule is CC1Oc2ccccc2N(CC(=O)N2CCCCC2CN)C1=O. The van der Waals surface area contributed by atoms with Crippen LogP contribution in [-0.4, -0.2) is 48.5 Å². The summed E-state index contributed by atoms with van der Waals surface area (Å²) in [6.07, 6.45) is 2.45. The van der Waals surface area contributed by atoms with Crippen LogP contribution < -0.4 is 15.4 Å². The monoisotopic (exact) mass is 317 g/mol. The number of anilines is 1. The fraction of sp³-hybridized carbons (Fsp3) is 0.529. The van der Waals surface area contributed by atoms with Gasteiger partial charge in [0.2, 0.25) is 5.91 Å². The number of likely N-dealkylation sites (tertiary alicyclic amines) is 1. The van der Waals surface area contributed by atoms with Crippen LogP contribution in [0.3, 0.4) is 0 Å². The number of hydrogen-bond acceptors (Lipinski definition) is 4. The molecule has 0 aliphatic carbocycles. The van der Waals surface area contributed by atoms with Crippen molar-refractivity contribution in [2.24, 2.45) is 5.73 Å². The molecule has 2 unspecified atom stereocenters. The number of carbonyl (C=O) groups excluding carboxylic acids is 2. The third-order valence-electron chi connectivity index (χ3n) is 4.59. The quantitative estimate of drug-likeness (QED) is 0.907. The fourth-order valence-electron chi connectivity index (χ4n) is 3.32. The number of fused-ring (bicyclic) bond motifs is 1. The standard InChI is InChI=1S/C17H23N3O3/c1-12-17(22)20(14-7-2-3-8-15(14)23-12)11-16(21)19-9-5-4-6-13(19)10-18/h2-3,7-8,12-13H,4-6,9-11,18H2,1H3. The molecule has 2 heterocycles. The van der Waals surface area contributed by atoms with Gasteiger partial charge in [0.15, 0.2) is 6.10 Å². The molecule has 0 saturated carbocycles. The number of ether oxygens (including phenoxy) is 1. The van der Waals surface area contributed by atoms with E-state index in [9.17, 15) is 9.59 Å². The highest BCUT2D eigenvalue weighted by atomic mass is 16.5. The minimum absolute atomic E-state index is 0.0417. The zero-order valence-electron chi connectivity index (χ0n) is 13.4. The molecule has 2 aliphatic rings. The van der Waals surface area contributed by atoms with E-state index in [0.717, 1.165) is 25.8 Å². The van der Waals surface area contributed by atoms with Crippen molar-refractivity contribution >= 4 is 17.5 Å². The lowest BCUT2D eigenvalue weighted by molar-refractivity contribution is -0.135. The Kier molecular flexibility index (Phi) is 4.52. The van der Waals surface area contributed by atoms with Crippen LogP contribution in [0.25, 0.3) is 0 Å². The molecule has 1 saturated heterocycles. The smallest absolute Gasteiger partial charge is 0.268 e. The molecule has 23 heavy (non-hydrogen) atoms. The van der Waals surface area contributed by atoms with Gasteiger partial charge in [-0.05, 0) is 38.3 Å². The van der Waals surface area contributed by atoms with Crippen LogP contribution in [0, 0.1) is 0 Å². The molecule has 124 valence electrons. The number of nitrogens with zero attached hydrogens (tertiary/aromatic N) is 2. The average molecular weight is 317 g/mol. The summed E-state index contributed by atoms with van der Waals surface area (Å²) in [7, 11) is 0. The molecule has 0 radical (unpaired) electrons. The van der Waals surface area contributed by atoms with Crippen molar-refractivity contribution in [3.63, 3.8) is 0 Å². The first kappa shape index (κ1) is 15.8. The molecule has 1 aromatic carbocycles. The van der Waals surface area contributed by atoms with Gasteiger partial charge >= 0.3 is 0 Å². The van der Waals surface area contributed by atoms with Gasteiger partial charge in [-0.2, -0.15) is 0 Å². The lowest BCUT2D eigenvalue weighted by Crippen LogP contribution is -2.54. The summed E-state index contributed by atoms with van der Waals surface area (Å²) in [5.41, 5.74) is 6.45. The molecule has 6 nitrogen and oxygen atoms in total. The first-order valence-corrected chi connectivity index (χ1v) is 8.18. The lowest BCUT2D eigenvalue weighted by atomic mass is 10.0. The molecule has 1 aromatic rings. The van der Waals surface area contributed by atoms with Crippen LogP contribution in [0.1, 0.15) is 26.2 Å². The number of amides is 2. The van der Waals surface area contributed by atoms with Crippen LogP contribution in [0.15, 0.2) is 24.3 Å². The molecule has 3 rings (SSSR count). The number of carbonyl (C=O) groups is 2. The van der Waals surface area contributed by atoms with Gasteiger partial charge in [-0.3, -0.25) is 14.5 Å². The van der Waals surface area contributed by atoms with Crippen molar-refractivity contribution < 1.29 is 14.3 Å². The second kappa shape index (κ2) is 6.58. The van der Waals surface area contributed by atoms with Crippen LogP contribution in [0.5, 0.6) is 5.75 Å². The Morgan fingerprint density at radius 3 is 2.91 bits per heavy atom. The number of rotatable bonds is 3. The van der Waals surface area contributed by atoms with Gasteiger partial charge in [0.05, 0.1) is 5.69 Å². The molecule has 1 fully saturated rings. The second-order valence-corrected chi connectivity index (χ2v) is 6.12. The maximum Gasteiger partial charge on any atom is 0.268 e. The van der Waals surface area contributed by atoms with E-state index >= 15 is 0 Å². The van der Waals surface area contributed by atoms with Crippen molar-refractivity contribution in [3.05, 3.63) is 24.3 Å². The normalized spacial score (nSPS) is 24.2. The van der Waals surface area contributed by atoms with Gasteiger partial charge in [0, 0.05) is 19.1 Å². The van der Waals surface area contributed by atoms with Gasteiger partial charge in [-0.15, -0.1) is 0 Å². The van der Waals surface area contributed by atoms with E-state index in [-0.39, 0.29) is 24.4 Å². The molecule has 2 aliphatic heterocycles. The molecule has 6 heteroatoms. The summed E-state index contributed by atoms with van der Waals surface area (Å²) in [4.78, 5) is 28.6. The van der Waals surface area contributed by atoms with Crippen molar-refractivity contribution in [2.45, 2.75) is 38.3 Å². The Morgan fingerprint density at radius 1 is 1.35 bits per heavy atom. The Morgan fingerprint density at radius 2 is 2.13 bits per heavy atom. The summed E-state index contributed by atoms with van der Waals surface area (Å²) < 4.78 is 5.61. The van der Waals surface area contributed by atoms with E-state index in [1.54, 1.807) is 6.92 Å². The number of para-hydroxylation sites is 2. The van der Waals surface area contributed by atoms with Gasteiger partial charge in [0.25, 0.3) is 5.91 Å². The fourth-order valence-corrected chi connectivity index (χ4v) is 3.32. The maximum absolute atomic E-state index is 12.7. The van der Waals surface area contributed by atoms with E-state index < -0.39 is 6.10 Å². The first-order chi connectivity index (χ1) is 11.1. The molecular formula is C17H23N3O3. The molecule has 2 atom stereocenters. The molecule has 2 amide bonds. The van der Waals surface area contributed by atoms with Crippen LogP contribution in [0.4, 0.5) is 5.69 Å². The third kappa shape index (κ3) is 3.03. The van der Waals surface area contributed by atoms with E-state index in [2.05, 4.69) is 0 Å². The summed E-state index contributed by atoms with van der Waals surface area (Å²) in [6, 6.07) is 7.41. The largest absolute Gasteiger partial charge is 0.479 e. The van der Waals surface area contributed by atoms with Crippen LogP contribution in [-0.2, 0) is 9.59 Å². The highest BCUT2D eigenvalue weighted by Gasteiger charge is 2.34.